The van der Waals surface area contributed by atoms with Gasteiger partial charge in [-0.2, -0.15) is 0 Å². The SMILES string of the molecule is CCOc1cc(CNCCOc2ccccn2)c(Cl)cc1OCc1ccccc1. The number of benzene rings is 2. The molecule has 0 amide bonds. The van der Waals surface area contributed by atoms with Crippen LogP contribution in [0.3, 0.4) is 0 Å². The minimum Gasteiger partial charge on any atom is -0.490 e. The van der Waals surface area contributed by atoms with Crippen molar-refractivity contribution in [2.75, 3.05) is 19.8 Å². The fourth-order valence-electron chi connectivity index (χ4n) is 2.71. The van der Waals surface area contributed by atoms with Gasteiger partial charge < -0.3 is 19.5 Å². The summed E-state index contributed by atoms with van der Waals surface area (Å²) in [5.41, 5.74) is 2.03. The number of hydrogen-bond donors (Lipinski definition) is 1. The largest absolute Gasteiger partial charge is 0.490 e. The quantitative estimate of drug-likeness (QED) is 0.455. The van der Waals surface area contributed by atoms with Crippen molar-refractivity contribution in [1.82, 2.24) is 10.3 Å². The topological polar surface area (TPSA) is 52.6 Å². The molecule has 29 heavy (non-hydrogen) atoms. The van der Waals surface area contributed by atoms with Gasteiger partial charge in [-0.25, -0.2) is 4.98 Å². The second kappa shape index (κ2) is 11.3. The van der Waals surface area contributed by atoms with Crippen LogP contribution in [-0.4, -0.2) is 24.7 Å². The third-order valence-corrected chi connectivity index (χ3v) is 4.48. The summed E-state index contributed by atoms with van der Waals surface area (Å²) in [6.45, 7) is 4.74. The van der Waals surface area contributed by atoms with Gasteiger partial charge in [0.05, 0.1) is 6.61 Å². The normalized spacial score (nSPS) is 10.6. The van der Waals surface area contributed by atoms with Crippen LogP contribution in [0.5, 0.6) is 17.4 Å². The third kappa shape index (κ3) is 6.66. The fourth-order valence-corrected chi connectivity index (χ4v) is 2.93. The van der Waals surface area contributed by atoms with E-state index in [1.54, 1.807) is 6.20 Å². The molecule has 0 spiro atoms. The second-order valence-electron chi connectivity index (χ2n) is 6.29. The highest BCUT2D eigenvalue weighted by molar-refractivity contribution is 6.31. The molecule has 1 heterocycles. The van der Waals surface area contributed by atoms with E-state index in [0.29, 0.717) is 55.3 Å². The van der Waals surface area contributed by atoms with E-state index in [0.717, 1.165) is 11.1 Å². The summed E-state index contributed by atoms with van der Waals surface area (Å²) >= 11 is 6.48. The highest BCUT2D eigenvalue weighted by Gasteiger charge is 2.11. The first-order chi connectivity index (χ1) is 14.3. The molecule has 0 bridgehead atoms. The Morgan fingerprint density at radius 3 is 2.48 bits per heavy atom. The Balaban J connectivity index is 1.55. The van der Waals surface area contributed by atoms with Crippen LogP contribution < -0.4 is 19.5 Å². The molecule has 2 aromatic carbocycles. The van der Waals surface area contributed by atoms with Gasteiger partial charge in [-0.1, -0.05) is 48.0 Å². The average molecular weight is 413 g/mol. The van der Waals surface area contributed by atoms with Crippen LogP contribution in [-0.2, 0) is 13.2 Å². The van der Waals surface area contributed by atoms with Gasteiger partial charge in [0, 0.05) is 36.4 Å². The number of pyridine rings is 1. The van der Waals surface area contributed by atoms with Crippen LogP contribution in [0.1, 0.15) is 18.1 Å². The number of nitrogens with one attached hydrogen (secondary N) is 1. The van der Waals surface area contributed by atoms with Crippen LogP contribution in [0.15, 0.2) is 66.9 Å². The number of nitrogens with zero attached hydrogens (tertiary/aromatic N) is 1. The molecule has 0 atom stereocenters. The fraction of sp³-hybridized carbons (Fsp3) is 0.261. The molecule has 0 aliphatic rings. The molecule has 0 aliphatic heterocycles. The Morgan fingerprint density at radius 2 is 1.72 bits per heavy atom. The van der Waals surface area contributed by atoms with Crippen LogP contribution >= 0.6 is 11.6 Å². The molecule has 0 saturated carbocycles. The lowest BCUT2D eigenvalue weighted by Crippen LogP contribution is -2.21. The van der Waals surface area contributed by atoms with E-state index >= 15 is 0 Å². The summed E-state index contributed by atoms with van der Waals surface area (Å²) in [7, 11) is 0. The molecule has 1 aromatic heterocycles. The van der Waals surface area contributed by atoms with E-state index in [2.05, 4.69) is 10.3 Å². The maximum Gasteiger partial charge on any atom is 0.213 e. The molecule has 0 saturated heterocycles. The number of rotatable bonds is 11. The summed E-state index contributed by atoms with van der Waals surface area (Å²) in [4.78, 5) is 4.13. The number of aromatic nitrogens is 1. The lowest BCUT2D eigenvalue weighted by molar-refractivity contribution is 0.269. The van der Waals surface area contributed by atoms with Gasteiger partial charge in [0.1, 0.15) is 13.2 Å². The van der Waals surface area contributed by atoms with Gasteiger partial charge in [-0.3, -0.25) is 0 Å². The van der Waals surface area contributed by atoms with E-state index in [4.69, 9.17) is 25.8 Å². The summed E-state index contributed by atoms with van der Waals surface area (Å²) in [6, 6.07) is 19.3. The Morgan fingerprint density at radius 1 is 0.931 bits per heavy atom. The Hall–Kier alpha value is -2.76. The molecule has 5 nitrogen and oxygen atoms in total. The molecule has 0 unspecified atom stereocenters. The second-order valence-corrected chi connectivity index (χ2v) is 6.70. The monoisotopic (exact) mass is 412 g/mol. The Kier molecular flexibility index (Phi) is 8.16. The van der Waals surface area contributed by atoms with Gasteiger partial charge in [0.15, 0.2) is 11.5 Å². The van der Waals surface area contributed by atoms with E-state index in [1.807, 2.05) is 67.6 Å². The third-order valence-electron chi connectivity index (χ3n) is 4.13. The molecular formula is C23H25ClN2O3. The van der Waals surface area contributed by atoms with E-state index in [9.17, 15) is 0 Å². The minimum absolute atomic E-state index is 0.458. The molecule has 6 heteroatoms. The van der Waals surface area contributed by atoms with Gasteiger partial charge >= 0.3 is 0 Å². The summed E-state index contributed by atoms with van der Waals surface area (Å²) < 4.78 is 17.3. The van der Waals surface area contributed by atoms with E-state index in [-0.39, 0.29) is 0 Å². The zero-order chi connectivity index (χ0) is 20.3. The van der Waals surface area contributed by atoms with Gasteiger partial charge in [0.25, 0.3) is 0 Å². The van der Waals surface area contributed by atoms with E-state index in [1.165, 1.54) is 0 Å². The molecule has 0 fully saturated rings. The Bertz CT molecular complexity index is 876. The van der Waals surface area contributed by atoms with Crippen molar-refractivity contribution in [1.29, 1.82) is 0 Å². The summed E-state index contributed by atoms with van der Waals surface area (Å²) in [6.07, 6.45) is 1.71. The van der Waals surface area contributed by atoms with E-state index < -0.39 is 0 Å². The predicted octanol–water partition coefficient (Wildman–Crippen LogP) is 4.88. The molecule has 0 radical (unpaired) electrons. The van der Waals surface area contributed by atoms with Gasteiger partial charge in [-0.15, -0.1) is 0 Å². The van der Waals surface area contributed by atoms with Crippen molar-refractivity contribution in [2.45, 2.75) is 20.1 Å². The minimum atomic E-state index is 0.458. The number of hydrogen-bond acceptors (Lipinski definition) is 5. The summed E-state index contributed by atoms with van der Waals surface area (Å²) in [5, 5.41) is 3.96. The van der Waals surface area contributed by atoms with Crippen LogP contribution in [0.4, 0.5) is 0 Å². The Labute approximate surface area is 176 Å². The zero-order valence-electron chi connectivity index (χ0n) is 16.4. The lowest BCUT2D eigenvalue weighted by atomic mass is 10.2. The van der Waals surface area contributed by atoms with Gasteiger partial charge in [-0.05, 0) is 30.2 Å². The first kappa shape index (κ1) is 21.0. The number of ether oxygens (including phenoxy) is 3. The van der Waals surface area contributed by atoms with Crippen LogP contribution in [0.2, 0.25) is 5.02 Å². The standard InChI is InChI=1S/C23H25ClN2O3/c1-2-27-21-14-19(16-25-12-13-28-23-10-6-7-11-26-23)20(24)15-22(21)29-17-18-8-4-3-5-9-18/h3-11,14-15,25H,2,12-13,16-17H2,1H3. The predicted molar refractivity (Wildman–Crippen MR) is 115 cm³/mol. The first-order valence-electron chi connectivity index (χ1n) is 9.62. The summed E-state index contributed by atoms with van der Waals surface area (Å²) in [5.74, 6) is 1.95. The number of halogens is 1. The van der Waals surface area contributed by atoms with Crippen molar-refractivity contribution in [3.8, 4) is 17.4 Å². The molecule has 152 valence electrons. The molecule has 0 aliphatic carbocycles. The maximum atomic E-state index is 6.48. The smallest absolute Gasteiger partial charge is 0.213 e. The van der Waals surface area contributed by atoms with Crippen LogP contribution in [0.25, 0.3) is 0 Å². The van der Waals surface area contributed by atoms with Crippen LogP contribution in [0, 0.1) is 0 Å². The highest BCUT2D eigenvalue weighted by Crippen LogP contribution is 2.34. The average Bonchev–Trinajstić information content (AvgIpc) is 2.76. The van der Waals surface area contributed by atoms with Crippen molar-refractivity contribution in [3.05, 3.63) is 83.0 Å². The molecule has 1 N–H and O–H groups in total. The first-order valence-corrected chi connectivity index (χ1v) is 10.0. The lowest BCUT2D eigenvalue weighted by Gasteiger charge is -2.15. The molecule has 3 rings (SSSR count). The van der Waals surface area contributed by atoms with Crippen molar-refractivity contribution >= 4 is 11.6 Å². The maximum absolute atomic E-state index is 6.48. The van der Waals surface area contributed by atoms with Crippen molar-refractivity contribution < 1.29 is 14.2 Å². The van der Waals surface area contributed by atoms with Crippen molar-refractivity contribution in [3.63, 3.8) is 0 Å². The van der Waals surface area contributed by atoms with Crippen molar-refractivity contribution in [2.24, 2.45) is 0 Å². The molecule has 3 aromatic rings. The molecular weight excluding hydrogens is 388 g/mol. The highest BCUT2D eigenvalue weighted by atomic mass is 35.5. The van der Waals surface area contributed by atoms with Gasteiger partial charge in [0.2, 0.25) is 5.88 Å². The zero-order valence-corrected chi connectivity index (χ0v) is 17.2.